The molecule has 0 aromatic carbocycles. The summed E-state index contributed by atoms with van der Waals surface area (Å²) >= 11 is 0. The molecule has 0 aliphatic heterocycles. The zero-order chi connectivity index (χ0) is 25.9. The van der Waals surface area contributed by atoms with Crippen LogP contribution in [0.25, 0.3) is 0 Å². The van der Waals surface area contributed by atoms with Gasteiger partial charge in [-0.05, 0) is 27.7 Å². The third kappa shape index (κ3) is 6.10. The second-order valence-corrected chi connectivity index (χ2v) is 8.16. The van der Waals surface area contributed by atoms with Crippen LogP contribution >= 0.6 is 0 Å². The Balaban J connectivity index is 6.33. The maximum Gasteiger partial charge on any atom is 0.466 e. The topological polar surface area (TPSA) is 113 Å². The fourth-order valence-electron chi connectivity index (χ4n) is 2.20. The first kappa shape index (κ1) is 30.1. The molecule has 8 nitrogen and oxygen atoms in total. The predicted molar refractivity (Wildman–Crippen MR) is 92.4 cm³/mol. The lowest BCUT2D eigenvalue weighted by Crippen LogP contribution is -2.63. The number of esters is 1. The van der Waals surface area contributed by atoms with E-state index in [4.69, 9.17) is 0 Å². The van der Waals surface area contributed by atoms with Crippen molar-refractivity contribution in [3.8, 4) is 0 Å². The molecule has 0 aliphatic carbocycles. The van der Waals surface area contributed by atoms with E-state index in [1.165, 1.54) is 20.8 Å². The Labute approximate surface area is 179 Å². The largest absolute Gasteiger partial charge is 0.743 e. The zero-order valence-electron chi connectivity index (χ0n) is 17.3. The van der Waals surface area contributed by atoms with E-state index in [0.717, 1.165) is 6.92 Å². The van der Waals surface area contributed by atoms with E-state index in [1.807, 2.05) is 0 Å². The van der Waals surface area contributed by atoms with Gasteiger partial charge in [0.1, 0.15) is 0 Å². The lowest BCUT2D eigenvalue weighted by atomic mass is 10.1. The van der Waals surface area contributed by atoms with Gasteiger partial charge in [-0.1, -0.05) is 6.58 Å². The molecular weight excluding hydrogens is 483 g/mol. The summed E-state index contributed by atoms with van der Waals surface area (Å²) in [5, 5.41) is -6.20. The molecule has 1 unspecified atom stereocenters. The highest BCUT2D eigenvalue weighted by atomic mass is 32.2. The molecule has 32 heavy (non-hydrogen) atoms. The Kier molecular flexibility index (Phi) is 9.31. The fourth-order valence-corrected chi connectivity index (χ4v) is 2.66. The van der Waals surface area contributed by atoms with Crippen molar-refractivity contribution in [3.05, 3.63) is 12.2 Å². The normalized spacial score (nSPS) is 15.3. The second-order valence-electron chi connectivity index (χ2n) is 6.74. The van der Waals surface area contributed by atoms with Gasteiger partial charge in [0.25, 0.3) is 0 Å². The summed E-state index contributed by atoms with van der Waals surface area (Å²) in [4.78, 5) is 24.9. The summed E-state index contributed by atoms with van der Waals surface area (Å²) in [7, 11) is -6.91. The van der Waals surface area contributed by atoms with Crippen molar-refractivity contribution >= 4 is 22.0 Å². The van der Waals surface area contributed by atoms with E-state index < -0.39 is 76.3 Å². The minimum Gasteiger partial charge on any atom is -0.743 e. The average molecular weight is 504 g/mol. The molecule has 0 radical (unpaired) electrons. The summed E-state index contributed by atoms with van der Waals surface area (Å²) < 4.78 is 135. The Bertz CT molecular complexity index is 827. The van der Waals surface area contributed by atoms with Crippen LogP contribution in [0.3, 0.4) is 0 Å². The summed E-state index contributed by atoms with van der Waals surface area (Å²) in [5.74, 6) is -14.1. The maximum atomic E-state index is 13.9. The number of nitrogens with zero attached hydrogens (tertiary/aromatic N) is 1. The third-order valence-electron chi connectivity index (χ3n) is 3.93. The van der Waals surface area contributed by atoms with Gasteiger partial charge in [-0.15, -0.1) is 0 Å². The molecule has 0 bridgehead atoms. The predicted octanol–water partition coefficient (Wildman–Crippen LogP) is 2.80. The fraction of sp³-hybridized carbons (Fsp3) is 0.750. The summed E-state index contributed by atoms with van der Waals surface area (Å²) in [5.41, 5.74) is -0.656. The molecule has 0 aromatic heterocycles. The molecule has 0 saturated heterocycles. The molecule has 0 rings (SSSR count). The van der Waals surface area contributed by atoms with Gasteiger partial charge >= 0.3 is 35.0 Å². The number of likely N-dealkylation sites (N-methyl/N-ethyl adjacent to an activating group) is 1. The first-order valence-corrected chi connectivity index (χ1v) is 10.1. The number of rotatable bonds is 11. The van der Waals surface area contributed by atoms with Gasteiger partial charge in [-0.25, -0.2) is 13.2 Å². The molecule has 0 aliphatic rings. The van der Waals surface area contributed by atoms with Crippen LogP contribution in [0.1, 0.15) is 34.1 Å². The molecule has 0 N–H and O–H groups in total. The van der Waals surface area contributed by atoms with Crippen molar-refractivity contribution in [1.29, 1.82) is 0 Å². The van der Waals surface area contributed by atoms with Crippen molar-refractivity contribution in [3.63, 3.8) is 0 Å². The lowest BCUT2D eigenvalue weighted by molar-refractivity contribution is -0.353. The highest BCUT2D eigenvalue weighted by molar-refractivity contribution is 7.86. The van der Waals surface area contributed by atoms with Crippen LogP contribution < -0.4 is 0 Å². The van der Waals surface area contributed by atoms with E-state index in [0.29, 0.717) is 4.90 Å². The van der Waals surface area contributed by atoms with Gasteiger partial charge < -0.3 is 18.9 Å². The van der Waals surface area contributed by atoms with E-state index in [1.54, 1.807) is 0 Å². The minimum absolute atomic E-state index is 0.398. The van der Waals surface area contributed by atoms with Gasteiger partial charge in [0.2, 0.25) is 0 Å². The van der Waals surface area contributed by atoms with Gasteiger partial charge in [0.05, 0.1) is 6.61 Å². The number of hydrogen-bond acceptors (Lipinski definition) is 7. The van der Waals surface area contributed by atoms with Crippen molar-refractivity contribution in [1.82, 2.24) is 4.90 Å². The van der Waals surface area contributed by atoms with E-state index in [9.17, 15) is 53.3 Å². The first-order valence-electron chi connectivity index (χ1n) is 8.70. The zero-order valence-corrected chi connectivity index (χ0v) is 18.1. The standard InChI is InChI=1S/C16H22F7NO7S/c1-6-24(10(4)5)12(26)14(15(19,20)21,31-11(25)9(2)3)30-8-7-13(17,18)16(22,23)32(27,28)29/h10H,2,6-8H2,1,3-5H3,(H,27,28,29)/p-1. The molecule has 0 saturated carbocycles. The molecule has 0 spiro atoms. The Morgan fingerprint density at radius 2 is 1.56 bits per heavy atom. The molecule has 1 amide bonds. The molecule has 0 aromatic rings. The number of amides is 1. The molecule has 188 valence electrons. The van der Waals surface area contributed by atoms with E-state index >= 15 is 0 Å². The number of alkyl halides is 7. The Morgan fingerprint density at radius 1 is 1.09 bits per heavy atom. The minimum atomic E-state index is -6.91. The van der Waals surface area contributed by atoms with E-state index in [-0.39, 0.29) is 0 Å². The number of ether oxygens (including phenoxy) is 2. The van der Waals surface area contributed by atoms with Crippen LogP contribution in [0.4, 0.5) is 30.7 Å². The van der Waals surface area contributed by atoms with Gasteiger partial charge in [0.15, 0.2) is 10.1 Å². The van der Waals surface area contributed by atoms with E-state index in [2.05, 4.69) is 16.1 Å². The number of halogens is 7. The second kappa shape index (κ2) is 9.91. The maximum absolute atomic E-state index is 13.9. The van der Waals surface area contributed by atoms with Gasteiger partial charge in [-0.2, -0.15) is 30.7 Å². The van der Waals surface area contributed by atoms with Crippen molar-refractivity contribution < 1.29 is 62.8 Å². The van der Waals surface area contributed by atoms with Crippen molar-refractivity contribution in [2.45, 2.75) is 63.3 Å². The summed E-state index contributed by atoms with van der Waals surface area (Å²) in [6, 6.07) is -0.947. The number of carbonyl (C=O) groups is 2. The first-order chi connectivity index (χ1) is 14.1. The Morgan fingerprint density at radius 3 is 1.88 bits per heavy atom. The SMILES string of the molecule is C=C(C)C(=O)OC(OCCC(F)(F)C(F)(F)S(=O)(=O)[O-])(C(=O)N(CC)C(C)C)C(F)(F)F. The van der Waals surface area contributed by atoms with Crippen molar-refractivity contribution in [2.75, 3.05) is 13.2 Å². The van der Waals surface area contributed by atoms with Crippen LogP contribution in [0.2, 0.25) is 0 Å². The van der Waals surface area contributed by atoms with Crippen LogP contribution in [0, 0.1) is 0 Å². The average Bonchev–Trinajstić information content (AvgIpc) is 2.58. The lowest BCUT2D eigenvalue weighted by Gasteiger charge is -2.38. The van der Waals surface area contributed by atoms with Crippen LogP contribution in [0.15, 0.2) is 12.2 Å². The Hall–Kier alpha value is -1.94. The van der Waals surface area contributed by atoms with Crippen LogP contribution in [-0.4, -0.2) is 72.1 Å². The third-order valence-corrected chi connectivity index (χ3v) is 4.85. The monoisotopic (exact) mass is 504 g/mol. The highest BCUT2D eigenvalue weighted by Gasteiger charge is 2.68. The molecule has 16 heteroatoms. The highest BCUT2D eigenvalue weighted by Crippen LogP contribution is 2.42. The molecular formula is C16H21F7NO7S-. The quantitative estimate of drug-likeness (QED) is 0.140. The number of hydrogen-bond donors (Lipinski definition) is 0. The molecule has 1 atom stereocenters. The van der Waals surface area contributed by atoms with Gasteiger partial charge in [0, 0.05) is 24.6 Å². The van der Waals surface area contributed by atoms with Crippen LogP contribution in [-0.2, 0) is 29.2 Å². The smallest absolute Gasteiger partial charge is 0.466 e. The van der Waals surface area contributed by atoms with Crippen LogP contribution in [0.5, 0.6) is 0 Å². The summed E-state index contributed by atoms with van der Waals surface area (Å²) in [6.07, 6.45) is -8.36. The van der Waals surface area contributed by atoms with Gasteiger partial charge in [-0.3, -0.25) is 4.79 Å². The van der Waals surface area contributed by atoms with Crippen molar-refractivity contribution in [2.24, 2.45) is 0 Å². The summed E-state index contributed by atoms with van der Waals surface area (Å²) in [6.45, 7) is 5.19. The molecule has 0 heterocycles. The number of carbonyl (C=O) groups excluding carboxylic acids is 2. The molecule has 0 fully saturated rings.